The fraction of sp³-hybridized carbons (Fsp3) is 0.571. The Kier molecular flexibility index (Phi) is 4.79. The Morgan fingerprint density at radius 3 is 2.85 bits per heavy atom. The average Bonchev–Trinajstić information content (AvgIpc) is 2.90. The number of nitrogens with two attached hydrogens (primary N) is 2. The number of likely N-dealkylation sites (tertiary alicyclic amines) is 1. The van der Waals surface area contributed by atoms with Gasteiger partial charge >= 0.3 is 0 Å². The zero-order valence-electron chi connectivity index (χ0n) is 11.9. The summed E-state index contributed by atoms with van der Waals surface area (Å²) in [4.78, 5) is 17.9. The highest BCUT2D eigenvalue weighted by Crippen LogP contribution is 2.15. The highest BCUT2D eigenvalue weighted by Gasteiger charge is 2.15. The fourth-order valence-electron chi connectivity index (χ4n) is 2.53. The summed E-state index contributed by atoms with van der Waals surface area (Å²) >= 11 is 0. The van der Waals surface area contributed by atoms with Crippen LogP contribution < -0.4 is 16.8 Å². The molecule has 6 heteroatoms. The van der Waals surface area contributed by atoms with E-state index >= 15 is 0 Å². The highest BCUT2D eigenvalue weighted by atomic mass is 16.1. The van der Waals surface area contributed by atoms with Crippen molar-refractivity contribution in [3.8, 4) is 0 Å². The van der Waals surface area contributed by atoms with Crippen molar-refractivity contribution in [2.75, 3.05) is 37.2 Å². The number of nitrogens with zero attached hydrogens (tertiary/aromatic N) is 2. The lowest BCUT2D eigenvalue weighted by molar-refractivity contribution is 0.100. The van der Waals surface area contributed by atoms with Crippen LogP contribution in [0.15, 0.2) is 12.3 Å². The second-order valence-electron chi connectivity index (χ2n) is 5.51. The monoisotopic (exact) mass is 277 g/mol. The van der Waals surface area contributed by atoms with Gasteiger partial charge in [-0.3, -0.25) is 4.79 Å². The van der Waals surface area contributed by atoms with Gasteiger partial charge < -0.3 is 21.7 Å². The minimum absolute atomic E-state index is 0.313. The highest BCUT2D eigenvalue weighted by molar-refractivity contribution is 5.98. The molecule has 20 heavy (non-hydrogen) atoms. The van der Waals surface area contributed by atoms with E-state index < -0.39 is 5.91 Å². The fourth-order valence-corrected chi connectivity index (χ4v) is 2.53. The lowest BCUT2D eigenvalue weighted by atomic mass is 10.1. The van der Waals surface area contributed by atoms with Gasteiger partial charge in [-0.2, -0.15) is 0 Å². The third-order valence-corrected chi connectivity index (χ3v) is 3.60. The van der Waals surface area contributed by atoms with E-state index in [1.165, 1.54) is 32.1 Å². The molecule has 1 fully saturated rings. The maximum atomic E-state index is 11.2. The van der Waals surface area contributed by atoms with Crippen molar-refractivity contribution in [3.05, 3.63) is 17.8 Å². The van der Waals surface area contributed by atoms with Gasteiger partial charge in [0.2, 0.25) is 0 Å². The number of anilines is 2. The summed E-state index contributed by atoms with van der Waals surface area (Å²) in [5.74, 6) is 0.629. The largest absolute Gasteiger partial charge is 0.397 e. The van der Waals surface area contributed by atoms with Crippen LogP contribution in [-0.2, 0) is 0 Å². The van der Waals surface area contributed by atoms with E-state index in [2.05, 4.69) is 22.1 Å². The van der Waals surface area contributed by atoms with Crippen LogP contribution in [0.25, 0.3) is 0 Å². The van der Waals surface area contributed by atoms with Crippen molar-refractivity contribution < 1.29 is 4.79 Å². The van der Waals surface area contributed by atoms with Gasteiger partial charge in [-0.1, -0.05) is 6.92 Å². The van der Waals surface area contributed by atoms with E-state index in [0.717, 1.165) is 13.1 Å². The lowest BCUT2D eigenvalue weighted by Crippen LogP contribution is -2.29. The van der Waals surface area contributed by atoms with Crippen molar-refractivity contribution in [1.29, 1.82) is 0 Å². The van der Waals surface area contributed by atoms with Gasteiger partial charge in [-0.05, 0) is 37.9 Å². The van der Waals surface area contributed by atoms with E-state index in [4.69, 9.17) is 11.5 Å². The van der Waals surface area contributed by atoms with Crippen molar-refractivity contribution in [3.63, 3.8) is 0 Å². The first kappa shape index (κ1) is 14.6. The Morgan fingerprint density at radius 2 is 2.20 bits per heavy atom. The molecule has 0 aromatic carbocycles. The lowest BCUT2D eigenvalue weighted by Gasteiger charge is -2.20. The Bertz CT molecular complexity index is 471. The van der Waals surface area contributed by atoms with E-state index in [-0.39, 0.29) is 0 Å². The summed E-state index contributed by atoms with van der Waals surface area (Å²) in [7, 11) is 0. The number of pyridine rings is 1. The van der Waals surface area contributed by atoms with Gasteiger partial charge in [0.05, 0.1) is 17.4 Å². The zero-order valence-corrected chi connectivity index (χ0v) is 11.9. The van der Waals surface area contributed by atoms with E-state index in [0.29, 0.717) is 23.0 Å². The zero-order chi connectivity index (χ0) is 14.5. The number of hydrogen-bond acceptors (Lipinski definition) is 5. The molecule has 2 rings (SSSR count). The van der Waals surface area contributed by atoms with Crippen LogP contribution in [0.5, 0.6) is 0 Å². The van der Waals surface area contributed by atoms with Crippen LogP contribution in [-0.4, -0.2) is 42.0 Å². The number of aromatic nitrogens is 1. The van der Waals surface area contributed by atoms with Gasteiger partial charge in [0.25, 0.3) is 5.91 Å². The second kappa shape index (κ2) is 6.56. The quantitative estimate of drug-likeness (QED) is 0.718. The number of hydrogen-bond donors (Lipinski definition) is 3. The number of carbonyl (C=O) groups is 1. The Labute approximate surface area is 119 Å². The Hall–Kier alpha value is -1.82. The van der Waals surface area contributed by atoms with Gasteiger partial charge in [0.15, 0.2) is 0 Å². The van der Waals surface area contributed by atoms with Crippen LogP contribution >= 0.6 is 0 Å². The molecular formula is C14H23N5O. The molecule has 1 saturated heterocycles. The number of rotatable bonds is 6. The summed E-state index contributed by atoms with van der Waals surface area (Å²) in [6.07, 6.45) is 4.08. The molecule has 5 N–H and O–H groups in total. The summed E-state index contributed by atoms with van der Waals surface area (Å²) in [5.41, 5.74) is 11.6. The molecule has 6 nitrogen and oxygen atoms in total. The van der Waals surface area contributed by atoms with Gasteiger partial charge in [0, 0.05) is 13.1 Å². The molecule has 0 aliphatic carbocycles. The van der Waals surface area contributed by atoms with Crippen LogP contribution in [0.2, 0.25) is 0 Å². The molecule has 1 unspecified atom stereocenters. The minimum atomic E-state index is -0.530. The summed E-state index contributed by atoms with van der Waals surface area (Å²) in [6, 6.07) is 1.61. The van der Waals surface area contributed by atoms with Crippen LogP contribution in [0, 0.1) is 5.92 Å². The maximum Gasteiger partial charge on any atom is 0.250 e. The average molecular weight is 277 g/mol. The molecule has 110 valence electrons. The molecule has 0 bridgehead atoms. The van der Waals surface area contributed by atoms with Crippen molar-refractivity contribution in [1.82, 2.24) is 9.88 Å². The number of nitrogen functional groups attached to an aromatic ring is 1. The first-order chi connectivity index (χ1) is 9.56. The number of carbonyl (C=O) groups excluding carboxylic acids is 1. The topological polar surface area (TPSA) is 97.3 Å². The van der Waals surface area contributed by atoms with E-state index in [1.54, 1.807) is 6.07 Å². The molecule has 1 atom stereocenters. The summed E-state index contributed by atoms with van der Waals surface area (Å²) < 4.78 is 0. The number of nitrogens with one attached hydrogen (secondary N) is 1. The summed E-state index contributed by atoms with van der Waals surface area (Å²) in [6.45, 7) is 6.51. The summed E-state index contributed by atoms with van der Waals surface area (Å²) in [5, 5.41) is 3.24. The van der Waals surface area contributed by atoms with Gasteiger partial charge in [-0.25, -0.2) is 4.98 Å². The third-order valence-electron chi connectivity index (χ3n) is 3.60. The van der Waals surface area contributed by atoms with Crippen molar-refractivity contribution in [2.24, 2.45) is 11.7 Å². The SMILES string of the molecule is CC(CNc1cc(C(N)=O)c(N)cn1)CN1CCCC1. The van der Waals surface area contributed by atoms with E-state index in [9.17, 15) is 4.79 Å². The molecule has 1 aromatic heterocycles. The first-order valence-corrected chi connectivity index (χ1v) is 7.08. The molecule has 1 aliphatic rings. The second-order valence-corrected chi connectivity index (χ2v) is 5.51. The van der Waals surface area contributed by atoms with E-state index in [1.807, 2.05) is 0 Å². The third kappa shape index (κ3) is 3.84. The van der Waals surface area contributed by atoms with Crippen LogP contribution in [0.1, 0.15) is 30.1 Å². The molecule has 0 radical (unpaired) electrons. The number of amides is 1. The van der Waals surface area contributed by atoms with Crippen molar-refractivity contribution >= 4 is 17.4 Å². The molecule has 2 heterocycles. The first-order valence-electron chi connectivity index (χ1n) is 7.08. The predicted molar refractivity (Wildman–Crippen MR) is 80.5 cm³/mol. The smallest absolute Gasteiger partial charge is 0.250 e. The molecule has 1 aromatic rings. The van der Waals surface area contributed by atoms with Crippen molar-refractivity contribution in [2.45, 2.75) is 19.8 Å². The van der Waals surface area contributed by atoms with Crippen LogP contribution in [0.3, 0.4) is 0 Å². The Balaban J connectivity index is 1.86. The molecule has 1 amide bonds. The standard InChI is InChI=1S/C14H23N5O/c1-10(9-19-4-2-3-5-19)7-17-13-6-11(14(16)20)12(15)8-18-13/h6,8,10H,2-5,7,9,15H2,1H3,(H2,16,20)(H,17,18). The van der Waals surface area contributed by atoms with Gasteiger partial charge in [-0.15, -0.1) is 0 Å². The van der Waals surface area contributed by atoms with Crippen LogP contribution in [0.4, 0.5) is 11.5 Å². The minimum Gasteiger partial charge on any atom is -0.397 e. The predicted octanol–water partition coefficient (Wildman–Crippen LogP) is 0.906. The normalized spacial score (nSPS) is 17.1. The molecule has 0 saturated carbocycles. The Morgan fingerprint density at radius 1 is 1.50 bits per heavy atom. The molecule has 0 spiro atoms. The maximum absolute atomic E-state index is 11.2. The number of primary amides is 1. The molecular weight excluding hydrogens is 254 g/mol. The molecule has 1 aliphatic heterocycles. The van der Waals surface area contributed by atoms with Gasteiger partial charge in [0.1, 0.15) is 5.82 Å².